The van der Waals surface area contributed by atoms with Crippen LogP contribution in [-0.4, -0.2) is 83.2 Å². The number of unbranched alkanes of at least 4 members (excludes halogenated alkanes) is 2. The highest BCUT2D eigenvalue weighted by Gasteiger charge is 2.36. The van der Waals surface area contributed by atoms with Crippen molar-refractivity contribution < 1.29 is 33.0 Å². The smallest absolute Gasteiger partial charge is 0.253 e. The van der Waals surface area contributed by atoms with Gasteiger partial charge in [0.15, 0.2) is 9.84 Å². The van der Waals surface area contributed by atoms with Gasteiger partial charge in [-0.25, -0.2) is 8.42 Å². The number of nitrogens with zero attached hydrogens (tertiary/aromatic N) is 1. The first kappa shape index (κ1) is 34.8. The Bertz CT molecular complexity index is 1230. The molecule has 0 saturated carbocycles. The number of hydrogen-bond donors (Lipinski definition) is 5. The molecule has 5 atom stereocenters. The number of sulfone groups is 1. The fourth-order valence-corrected chi connectivity index (χ4v) is 6.16. The summed E-state index contributed by atoms with van der Waals surface area (Å²) in [4.78, 5) is 42.3. The monoisotopic (exact) mass is 604 g/mol. The molecule has 0 radical (unpaired) electrons. The molecular weight excluding hydrogens is 560 g/mol. The van der Waals surface area contributed by atoms with E-state index in [0.29, 0.717) is 25.7 Å². The van der Waals surface area contributed by atoms with E-state index >= 15 is 0 Å². The van der Waals surface area contributed by atoms with Gasteiger partial charge in [0.05, 0.1) is 29.2 Å². The zero-order chi connectivity index (χ0) is 31.1. The fourth-order valence-electron chi connectivity index (χ4n) is 4.52. The Morgan fingerprint density at radius 1 is 0.881 bits per heavy atom. The average Bonchev–Trinajstić information content (AvgIpc) is 2.97. The van der Waals surface area contributed by atoms with Crippen LogP contribution >= 0.6 is 0 Å². The summed E-state index contributed by atoms with van der Waals surface area (Å²) < 4.78 is 25.7. The number of aliphatic hydroxyl groups excluding tert-OH is 2. The predicted octanol–water partition coefficient (Wildman–Crippen LogP) is 1.54. The maximum absolute atomic E-state index is 13.6. The molecule has 42 heavy (non-hydrogen) atoms. The van der Waals surface area contributed by atoms with Crippen LogP contribution in [0, 0.1) is 0 Å². The third-order valence-electron chi connectivity index (χ3n) is 6.83. The second kappa shape index (κ2) is 17.6. The van der Waals surface area contributed by atoms with Gasteiger partial charge in [-0.15, -0.1) is 0 Å². The van der Waals surface area contributed by atoms with Crippen molar-refractivity contribution in [1.29, 1.82) is 0 Å². The number of amides is 3. The molecule has 1 aromatic carbocycles. The standard InChI is InChI=1S/C30H44N4O7S/c1-4-6-15-24(32-21(3)35)27(36)28(37)25(18-22-12-9-8-10-13-22)33-30(39)26(20-42(40,41)17-7-5-2)34-29(38)23-14-11-16-31-19-23/h8-14,16,19,24-28,36-37H,4-7,15,17-18,20H2,1-3H3,(H,32,35)(H,33,39)(H,34,38). The van der Waals surface area contributed by atoms with Gasteiger partial charge in [0, 0.05) is 19.3 Å². The zero-order valence-corrected chi connectivity index (χ0v) is 25.3. The van der Waals surface area contributed by atoms with E-state index in [0.717, 1.165) is 12.0 Å². The van der Waals surface area contributed by atoms with Crippen molar-refractivity contribution in [1.82, 2.24) is 20.9 Å². The third-order valence-corrected chi connectivity index (χ3v) is 8.58. The number of rotatable bonds is 18. The van der Waals surface area contributed by atoms with E-state index < -0.39 is 57.7 Å². The molecule has 0 fully saturated rings. The van der Waals surface area contributed by atoms with Crippen LogP contribution in [0.25, 0.3) is 0 Å². The second-order valence-electron chi connectivity index (χ2n) is 10.5. The van der Waals surface area contributed by atoms with Gasteiger partial charge < -0.3 is 26.2 Å². The Hall–Kier alpha value is -3.35. The molecule has 0 aliphatic rings. The third kappa shape index (κ3) is 11.9. The zero-order valence-electron chi connectivity index (χ0n) is 24.5. The summed E-state index contributed by atoms with van der Waals surface area (Å²) in [5.74, 6) is -2.68. The molecule has 232 valence electrons. The first-order valence-corrected chi connectivity index (χ1v) is 16.2. The molecule has 0 saturated heterocycles. The van der Waals surface area contributed by atoms with Gasteiger partial charge in [-0.2, -0.15) is 0 Å². The minimum absolute atomic E-state index is 0.0945. The molecule has 1 heterocycles. The van der Waals surface area contributed by atoms with Gasteiger partial charge in [0.25, 0.3) is 5.91 Å². The Labute approximate surface area is 248 Å². The van der Waals surface area contributed by atoms with E-state index in [9.17, 15) is 33.0 Å². The molecule has 2 rings (SSSR count). The highest BCUT2D eigenvalue weighted by atomic mass is 32.2. The number of carbonyl (C=O) groups is 3. The Kier molecular flexibility index (Phi) is 14.6. The highest BCUT2D eigenvalue weighted by Crippen LogP contribution is 2.16. The summed E-state index contributed by atoms with van der Waals surface area (Å²) in [7, 11) is -3.73. The Balaban J connectivity index is 2.38. The number of nitrogens with one attached hydrogen (secondary N) is 3. The van der Waals surface area contributed by atoms with Crippen LogP contribution < -0.4 is 16.0 Å². The maximum atomic E-state index is 13.6. The molecule has 0 aliphatic carbocycles. The van der Waals surface area contributed by atoms with Crippen molar-refractivity contribution in [3.63, 3.8) is 0 Å². The minimum atomic E-state index is -3.73. The summed E-state index contributed by atoms with van der Waals surface area (Å²) in [5.41, 5.74) is 0.886. The van der Waals surface area contributed by atoms with Gasteiger partial charge >= 0.3 is 0 Å². The average molecular weight is 605 g/mol. The molecule has 5 unspecified atom stereocenters. The number of benzene rings is 1. The van der Waals surface area contributed by atoms with Gasteiger partial charge in [-0.3, -0.25) is 19.4 Å². The number of pyridine rings is 1. The predicted molar refractivity (Wildman–Crippen MR) is 160 cm³/mol. The number of carbonyl (C=O) groups excluding carboxylic acids is 3. The topological polar surface area (TPSA) is 175 Å². The summed E-state index contributed by atoms with van der Waals surface area (Å²) >= 11 is 0. The van der Waals surface area contributed by atoms with Crippen molar-refractivity contribution in [3.05, 3.63) is 66.0 Å². The number of aromatic nitrogens is 1. The Morgan fingerprint density at radius 3 is 2.14 bits per heavy atom. The highest BCUT2D eigenvalue weighted by molar-refractivity contribution is 7.91. The van der Waals surface area contributed by atoms with Crippen LogP contribution in [0.4, 0.5) is 0 Å². The van der Waals surface area contributed by atoms with E-state index in [1.165, 1.54) is 25.4 Å². The Morgan fingerprint density at radius 2 is 1.55 bits per heavy atom. The maximum Gasteiger partial charge on any atom is 0.253 e. The van der Waals surface area contributed by atoms with Crippen LogP contribution in [-0.2, 0) is 25.8 Å². The van der Waals surface area contributed by atoms with Crippen molar-refractivity contribution in [2.75, 3.05) is 11.5 Å². The summed E-state index contributed by atoms with van der Waals surface area (Å²) in [6, 6.07) is 8.66. The summed E-state index contributed by atoms with van der Waals surface area (Å²) in [5, 5.41) is 30.4. The van der Waals surface area contributed by atoms with Gasteiger partial charge in [0.1, 0.15) is 18.2 Å². The van der Waals surface area contributed by atoms with E-state index in [1.54, 1.807) is 30.3 Å². The molecule has 5 N–H and O–H groups in total. The largest absolute Gasteiger partial charge is 0.388 e. The fraction of sp³-hybridized carbons (Fsp3) is 0.533. The molecule has 0 bridgehead atoms. The van der Waals surface area contributed by atoms with Gasteiger partial charge in [0.2, 0.25) is 11.8 Å². The molecule has 11 nitrogen and oxygen atoms in total. The molecule has 3 amide bonds. The van der Waals surface area contributed by atoms with Crippen LogP contribution in [0.1, 0.15) is 68.8 Å². The SMILES string of the molecule is CCCCC(NC(C)=O)C(O)C(O)C(Cc1ccccc1)NC(=O)C(CS(=O)(=O)CCCC)NC(=O)c1cccnc1. The molecule has 12 heteroatoms. The van der Waals surface area contributed by atoms with Crippen LogP contribution in [0.2, 0.25) is 0 Å². The summed E-state index contributed by atoms with van der Waals surface area (Å²) in [6.45, 7) is 5.12. The first-order chi connectivity index (χ1) is 20.0. The van der Waals surface area contributed by atoms with E-state index in [1.807, 2.05) is 19.9 Å². The lowest BCUT2D eigenvalue weighted by molar-refractivity contribution is -0.126. The van der Waals surface area contributed by atoms with Gasteiger partial charge in [-0.05, 0) is 37.0 Å². The van der Waals surface area contributed by atoms with Crippen molar-refractivity contribution in [3.8, 4) is 0 Å². The molecule has 2 aromatic rings. The molecule has 0 spiro atoms. The lowest BCUT2D eigenvalue weighted by atomic mass is 9.91. The van der Waals surface area contributed by atoms with Crippen molar-refractivity contribution in [2.24, 2.45) is 0 Å². The summed E-state index contributed by atoms with van der Waals surface area (Å²) in [6.07, 6.45) is 2.82. The lowest BCUT2D eigenvalue weighted by Gasteiger charge is -2.33. The molecular formula is C30H44N4O7S. The molecule has 0 aliphatic heterocycles. The van der Waals surface area contributed by atoms with Crippen molar-refractivity contribution in [2.45, 2.75) is 89.6 Å². The van der Waals surface area contributed by atoms with E-state index in [4.69, 9.17) is 0 Å². The lowest BCUT2D eigenvalue weighted by Crippen LogP contribution is -2.59. The molecule has 1 aromatic heterocycles. The van der Waals surface area contributed by atoms with Crippen LogP contribution in [0.5, 0.6) is 0 Å². The number of aliphatic hydroxyl groups is 2. The quantitative estimate of drug-likeness (QED) is 0.170. The minimum Gasteiger partial charge on any atom is -0.388 e. The van der Waals surface area contributed by atoms with Crippen LogP contribution in [0.3, 0.4) is 0 Å². The first-order valence-electron chi connectivity index (χ1n) is 14.4. The normalized spacial score (nSPS) is 15.1. The van der Waals surface area contributed by atoms with E-state index in [-0.39, 0.29) is 23.6 Å². The van der Waals surface area contributed by atoms with Crippen LogP contribution in [0.15, 0.2) is 54.9 Å². The van der Waals surface area contributed by atoms with E-state index in [2.05, 4.69) is 20.9 Å². The number of hydrogen-bond acceptors (Lipinski definition) is 8. The van der Waals surface area contributed by atoms with Crippen molar-refractivity contribution >= 4 is 27.6 Å². The second-order valence-corrected chi connectivity index (χ2v) is 12.7. The van der Waals surface area contributed by atoms with Gasteiger partial charge in [-0.1, -0.05) is 63.4 Å².